The Hall–Kier alpha value is -7.05. The number of guanidine groups is 1. The van der Waals surface area contributed by atoms with Crippen LogP contribution in [-0.2, 0) is 54.4 Å². The summed E-state index contributed by atoms with van der Waals surface area (Å²) in [5, 5.41) is 32.0. The van der Waals surface area contributed by atoms with Gasteiger partial charge in [0.15, 0.2) is 5.96 Å². The van der Waals surface area contributed by atoms with Crippen LogP contribution in [0.5, 0.6) is 5.75 Å². The van der Waals surface area contributed by atoms with Crippen molar-refractivity contribution < 1.29 is 58.2 Å². The van der Waals surface area contributed by atoms with Crippen LogP contribution >= 0.6 is 0 Å². The highest BCUT2D eigenvalue weighted by atomic mass is 16.4. The zero-order chi connectivity index (χ0) is 49.0. The molecule has 1 aromatic rings. The minimum absolute atomic E-state index is 0.00143. The monoisotopic (exact) mass is 917 g/mol. The number of likely N-dealkylation sites (tertiary alicyclic amines) is 1. The number of carboxylic acids is 1. The van der Waals surface area contributed by atoms with Gasteiger partial charge in [0.1, 0.15) is 42.0 Å². The fourth-order valence-corrected chi connectivity index (χ4v) is 6.77. The van der Waals surface area contributed by atoms with Crippen molar-refractivity contribution in [3.63, 3.8) is 0 Å². The van der Waals surface area contributed by atoms with Crippen LogP contribution in [0.25, 0.3) is 0 Å². The van der Waals surface area contributed by atoms with Crippen LogP contribution in [0.1, 0.15) is 83.6 Å². The summed E-state index contributed by atoms with van der Waals surface area (Å²) in [5.74, 6) is -10.1. The van der Waals surface area contributed by atoms with Gasteiger partial charge in [-0.15, -0.1) is 0 Å². The van der Waals surface area contributed by atoms with Crippen LogP contribution in [0.2, 0.25) is 0 Å². The van der Waals surface area contributed by atoms with E-state index in [1.54, 1.807) is 13.8 Å². The highest BCUT2D eigenvalue weighted by Crippen LogP contribution is 2.21. The number of aliphatic carboxylic acids is 1. The molecule has 19 N–H and O–H groups in total. The molecule has 1 saturated heterocycles. The third-order valence-electron chi connectivity index (χ3n) is 10.6. The Balaban J connectivity index is 2.37. The number of amides is 9. The lowest BCUT2D eigenvalue weighted by atomic mass is 9.96. The van der Waals surface area contributed by atoms with Gasteiger partial charge in [0, 0.05) is 32.4 Å². The second-order valence-electron chi connectivity index (χ2n) is 15.8. The molecular formula is C40H63N13O12. The lowest BCUT2D eigenvalue weighted by Gasteiger charge is -2.30. The first kappa shape index (κ1) is 54.1. The number of carbonyl (C=O) groups excluding carboxylic acids is 9. The molecule has 0 saturated carbocycles. The molecule has 0 radical (unpaired) electrons. The van der Waals surface area contributed by atoms with Crippen LogP contribution < -0.4 is 61.0 Å². The molecule has 65 heavy (non-hydrogen) atoms. The number of aliphatic imine (C=N–C) groups is 1. The molecule has 1 aromatic carbocycles. The first-order chi connectivity index (χ1) is 30.5. The summed E-state index contributed by atoms with van der Waals surface area (Å²) in [6.07, 6.45) is -1.29. The molecule has 25 nitrogen and oxygen atoms in total. The predicted molar refractivity (Wildman–Crippen MR) is 232 cm³/mol. The Morgan fingerprint density at radius 2 is 1.31 bits per heavy atom. The molecule has 8 atom stereocenters. The number of phenolic OH excluding ortho intramolecular Hbond substituents is 1. The standard InChI is InChI=1S/C40H63N13O12/c1-3-20(2)32(37(62)51-27(39(64)65)18-21-8-10-22(54)11-9-21)52-35(60)25(13-15-30(43)56)48-34(59)24(6-4-16-47-40(45)46)49-36(61)28-7-5-17-53(28)38(63)26(19-31(44)57)50-33(58)23(41)12-14-29(42)55/h8-11,20,23-28,32,54H,3-7,12-19,41H2,1-2H3,(H2,42,55)(H2,43,56)(H2,44,57)(H,48,59)(H,49,61)(H,50,58)(H,51,62)(H,52,60)(H,64,65)(H4,45,46,47)/t20-,23-,24-,25-,26-,27-,28-,32-/m0/s1. The van der Waals surface area contributed by atoms with Gasteiger partial charge >= 0.3 is 5.97 Å². The molecular weight excluding hydrogens is 855 g/mol. The van der Waals surface area contributed by atoms with Crippen LogP contribution in [0.3, 0.4) is 0 Å². The van der Waals surface area contributed by atoms with Gasteiger partial charge in [0.25, 0.3) is 0 Å². The lowest BCUT2D eigenvalue weighted by Crippen LogP contribution is -2.60. The van der Waals surface area contributed by atoms with E-state index in [1.807, 2.05) is 0 Å². The number of phenols is 1. The summed E-state index contributed by atoms with van der Waals surface area (Å²) in [6, 6.07) is -4.11. The van der Waals surface area contributed by atoms with Crippen molar-refractivity contribution in [1.82, 2.24) is 31.5 Å². The summed E-state index contributed by atoms with van der Waals surface area (Å²) in [5.41, 5.74) is 33.1. The average molecular weight is 918 g/mol. The van der Waals surface area contributed by atoms with Gasteiger partial charge in [-0.3, -0.25) is 48.1 Å². The molecule has 360 valence electrons. The molecule has 0 unspecified atom stereocenters. The number of hydrogen-bond donors (Lipinski definition) is 13. The number of benzene rings is 1. The van der Waals surface area contributed by atoms with Crippen molar-refractivity contribution in [3.05, 3.63) is 29.8 Å². The van der Waals surface area contributed by atoms with E-state index in [1.165, 1.54) is 24.3 Å². The van der Waals surface area contributed by atoms with E-state index in [4.69, 9.17) is 34.4 Å². The lowest BCUT2D eigenvalue weighted by molar-refractivity contribution is -0.143. The second kappa shape index (κ2) is 26.5. The normalized spacial score (nSPS) is 16.5. The van der Waals surface area contributed by atoms with E-state index in [2.05, 4.69) is 31.6 Å². The SMILES string of the molecule is CC[C@H](C)[C@H](NC(=O)[C@H](CCC(N)=O)NC(=O)[C@H](CCCN=C(N)N)NC(=O)[C@@H]1CCCN1C(=O)[C@H](CC(N)=O)NC(=O)[C@@H](N)CCC(N)=O)C(=O)N[C@@H](Cc1ccc(O)cc1)C(=O)O. The van der Waals surface area contributed by atoms with Crippen molar-refractivity contribution in [2.75, 3.05) is 13.1 Å². The number of nitrogens with zero attached hydrogens (tertiary/aromatic N) is 2. The Labute approximate surface area is 374 Å². The highest BCUT2D eigenvalue weighted by molar-refractivity contribution is 5.98. The number of aromatic hydroxyl groups is 1. The van der Waals surface area contributed by atoms with Crippen LogP contribution in [0.15, 0.2) is 29.3 Å². The number of nitrogens with one attached hydrogen (secondary N) is 5. The van der Waals surface area contributed by atoms with Gasteiger partial charge in [0.2, 0.25) is 53.2 Å². The molecule has 0 spiro atoms. The van der Waals surface area contributed by atoms with Gasteiger partial charge in [-0.25, -0.2) is 4.79 Å². The van der Waals surface area contributed by atoms with Crippen LogP contribution in [0.4, 0.5) is 0 Å². The maximum absolute atomic E-state index is 14.0. The molecule has 1 aliphatic heterocycles. The third kappa shape index (κ3) is 18.7. The topological polar surface area (TPSA) is 443 Å². The highest BCUT2D eigenvalue weighted by Gasteiger charge is 2.40. The zero-order valence-electron chi connectivity index (χ0n) is 36.5. The summed E-state index contributed by atoms with van der Waals surface area (Å²) >= 11 is 0. The predicted octanol–water partition coefficient (Wildman–Crippen LogP) is -4.73. The Kier molecular flexibility index (Phi) is 22.1. The van der Waals surface area contributed by atoms with Gasteiger partial charge in [-0.2, -0.15) is 0 Å². The van der Waals surface area contributed by atoms with E-state index in [9.17, 15) is 58.2 Å². The van der Waals surface area contributed by atoms with Crippen molar-refractivity contribution >= 4 is 65.1 Å². The largest absolute Gasteiger partial charge is 0.508 e. The number of primary amides is 3. The van der Waals surface area contributed by atoms with E-state index in [0.29, 0.717) is 18.4 Å². The minimum atomic E-state index is -1.55. The summed E-state index contributed by atoms with van der Waals surface area (Å²) in [7, 11) is 0. The number of hydrogen-bond acceptors (Lipinski definition) is 13. The van der Waals surface area contributed by atoms with Crippen LogP contribution in [0, 0.1) is 5.92 Å². The average Bonchev–Trinajstić information content (AvgIpc) is 3.74. The van der Waals surface area contributed by atoms with Crippen molar-refractivity contribution in [2.24, 2.45) is 45.3 Å². The summed E-state index contributed by atoms with van der Waals surface area (Å²) in [6.45, 7) is 3.36. The summed E-state index contributed by atoms with van der Waals surface area (Å²) in [4.78, 5) is 134. The number of rotatable bonds is 28. The van der Waals surface area contributed by atoms with Gasteiger partial charge < -0.3 is 76.1 Å². The quantitative estimate of drug-likeness (QED) is 0.0213. The molecule has 1 fully saturated rings. The van der Waals surface area contributed by atoms with Crippen molar-refractivity contribution in [3.8, 4) is 5.75 Å². The zero-order valence-corrected chi connectivity index (χ0v) is 36.5. The number of carbonyl (C=O) groups is 10. The maximum atomic E-state index is 14.0. The first-order valence-corrected chi connectivity index (χ1v) is 21.0. The molecule has 1 heterocycles. The van der Waals surface area contributed by atoms with Crippen molar-refractivity contribution in [2.45, 2.75) is 127 Å². The second-order valence-corrected chi connectivity index (χ2v) is 15.8. The number of nitrogens with two attached hydrogens (primary N) is 6. The Bertz CT molecular complexity index is 1910. The van der Waals surface area contributed by atoms with E-state index < -0.39 is 120 Å². The molecule has 25 heteroatoms. The minimum Gasteiger partial charge on any atom is -0.508 e. The van der Waals surface area contributed by atoms with Crippen molar-refractivity contribution in [1.29, 1.82) is 0 Å². The third-order valence-corrected chi connectivity index (χ3v) is 10.6. The number of carboxylic acid groups (broad SMARTS) is 1. The van der Waals surface area contributed by atoms with E-state index in [0.717, 1.165) is 4.90 Å². The summed E-state index contributed by atoms with van der Waals surface area (Å²) < 4.78 is 0. The van der Waals surface area contributed by atoms with Crippen LogP contribution in [-0.4, -0.2) is 136 Å². The maximum Gasteiger partial charge on any atom is 0.326 e. The fraction of sp³-hybridized carbons (Fsp3) is 0.575. The molecule has 9 amide bonds. The smallest absolute Gasteiger partial charge is 0.326 e. The molecule has 0 aromatic heterocycles. The van der Waals surface area contributed by atoms with Gasteiger partial charge in [-0.05, 0) is 62.1 Å². The van der Waals surface area contributed by atoms with Gasteiger partial charge in [-0.1, -0.05) is 32.4 Å². The first-order valence-electron chi connectivity index (χ1n) is 21.0. The Morgan fingerprint density at radius 1 is 0.738 bits per heavy atom. The van der Waals surface area contributed by atoms with E-state index >= 15 is 0 Å². The Morgan fingerprint density at radius 3 is 1.88 bits per heavy atom. The molecule has 2 rings (SSSR count). The molecule has 0 aliphatic carbocycles. The fourth-order valence-electron chi connectivity index (χ4n) is 6.77. The molecule has 1 aliphatic rings. The van der Waals surface area contributed by atoms with E-state index in [-0.39, 0.29) is 69.7 Å². The van der Waals surface area contributed by atoms with Gasteiger partial charge in [0.05, 0.1) is 12.5 Å². The molecule has 0 bridgehead atoms.